The van der Waals surface area contributed by atoms with Gasteiger partial charge in [0.15, 0.2) is 0 Å². The van der Waals surface area contributed by atoms with Crippen LogP contribution in [-0.2, 0) is 0 Å². The number of nitrogens with zero attached hydrogens (tertiary/aromatic N) is 2. The summed E-state index contributed by atoms with van der Waals surface area (Å²) in [5.41, 5.74) is 8.34. The molecule has 0 aromatic carbocycles. The second-order valence-corrected chi connectivity index (χ2v) is 4.16. The van der Waals surface area contributed by atoms with E-state index in [0.29, 0.717) is 5.82 Å². The lowest BCUT2D eigenvalue weighted by molar-refractivity contribution is 0.110. The topological polar surface area (TPSA) is 54.2 Å². The Kier molecular flexibility index (Phi) is 5.86. The van der Waals surface area contributed by atoms with Gasteiger partial charge in [-0.1, -0.05) is 6.42 Å². The number of hydrogen-bond acceptors (Lipinski definition) is 4. The minimum Gasteiger partial charge on any atom is -0.384 e. The summed E-state index contributed by atoms with van der Waals surface area (Å²) >= 11 is 0. The van der Waals surface area contributed by atoms with E-state index in [1.807, 2.05) is 7.05 Å². The van der Waals surface area contributed by atoms with Crippen LogP contribution in [-0.4, -0.2) is 29.6 Å². The Bertz CT molecular complexity index is 294. The number of nitrogens with two attached hydrogens (primary N) is 1. The van der Waals surface area contributed by atoms with Crippen molar-refractivity contribution in [1.82, 2.24) is 15.4 Å². The number of nitrogen functional groups attached to an aromatic ring is 1. The van der Waals surface area contributed by atoms with Crippen LogP contribution < -0.4 is 11.2 Å². The molecule has 0 saturated carbocycles. The van der Waals surface area contributed by atoms with Gasteiger partial charge in [-0.15, -0.1) is 0 Å². The molecular weight excluding hydrogens is 219 g/mol. The fourth-order valence-corrected chi connectivity index (χ4v) is 1.82. The summed E-state index contributed by atoms with van der Waals surface area (Å²) in [6.07, 6.45) is 5.18. The third kappa shape index (κ3) is 5.10. The number of rotatable bonds is 1. The maximum Gasteiger partial charge on any atom is 0.141 e. The zero-order valence-corrected chi connectivity index (χ0v) is 10.5. The van der Waals surface area contributed by atoms with Crippen LogP contribution in [0.2, 0.25) is 0 Å². The molecule has 1 aromatic heterocycles. The van der Waals surface area contributed by atoms with Gasteiger partial charge < -0.3 is 5.73 Å². The molecule has 2 rings (SSSR count). The third-order valence-electron chi connectivity index (χ3n) is 2.84. The van der Waals surface area contributed by atoms with Crippen LogP contribution in [0.3, 0.4) is 0 Å². The lowest BCUT2D eigenvalue weighted by Crippen LogP contribution is -2.45. The minimum absolute atomic E-state index is 0.339. The predicted molar refractivity (Wildman–Crippen MR) is 67.7 cm³/mol. The highest BCUT2D eigenvalue weighted by atomic mass is 19.1. The highest BCUT2D eigenvalue weighted by Gasteiger charge is 2.15. The molecule has 0 aliphatic carbocycles. The molecule has 1 aromatic rings. The number of halogens is 1. The van der Waals surface area contributed by atoms with E-state index in [-0.39, 0.29) is 5.82 Å². The Hall–Kier alpha value is -1.20. The Morgan fingerprint density at radius 1 is 1.47 bits per heavy atom. The molecule has 96 valence electrons. The molecule has 4 nitrogen and oxygen atoms in total. The molecule has 1 fully saturated rings. The van der Waals surface area contributed by atoms with Crippen molar-refractivity contribution in [2.45, 2.75) is 32.2 Å². The second-order valence-electron chi connectivity index (χ2n) is 4.16. The van der Waals surface area contributed by atoms with Crippen LogP contribution in [0.15, 0.2) is 18.3 Å². The average molecular weight is 240 g/mol. The predicted octanol–water partition coefficient (Wildman–Crippen LogP) is 1.80. The highest BCUT2D eigenvalue weighted by Crippen LogP contribution is 2.12. The zero-order chi connectivity index (χ0) is 12.7. The summed E-state index contributed by atoms with van der Waals surface area (Å²) < 4.78 is 12.0. The average Bonchev–Trinajstić information content (AvgIpc) is 2.34. The maximum absolute atomic E-state index is 12.0. The normalized spacial score (nSPS) is 20.5. The van der Waals surface area contributed by atoms with E-state index in [9.17, 15) is 4.39 Å². The van der Waals surface area contributed by atoms with Crippen molar-refractivity contribution in [3.8, 4) is 0 Å². The van der Waals surface area contributed by atoms with Crippen LogP contribution in [0.25, 0.3) is 0 Å². The third-order valence-corrected chi connectivity index (χ3v) is 2.84. The molecule has 0 amide bonds. The molecule has 1 aliphatic heterocycles. The Morgan fingerprint density at radius 3 is 2.65 bits per heavy atom. The molecule has 3 N–H and O–H groups in total. The van der Waals surface area contributed by atoms with E-state index in [0.717, 1.165) is 12.2 Å². The van der Waals surface area contributed by atoms with Crippen molar-refractivity contribution < 1.29 is 4.39 Å². The number of pyridine rings is 1. The number of nitrogens with one attached hydrogen (secondary N) is 1. The first-order valence-electron chi connectivity index (χ1n) is 5.94. The van der Waals surface area contributed by atoms with Crippen LogP contribution >= 0.6 is 0 Å². The number of anilines is 1. The smallest absolute Gasteiger partial charge is 0.141 e. The Balaban J connectivity index is 0.000000171. The summed E-state index contributed by atoms with van der Waals surface area (Å²) in [5, 5.41) is 2.31. The molecule has 0 radical (unpaired) electrons. The van der Waals surface area contributed by atoms with Crippen LogP contribution in [0.4, 0.5) is 10.2 Å². The molecule has 1 aliphatic rings. The van der Waals surface area contributed by atoms with Crippen molar-refractivity contribution in [3.63, 3.8) is 0 Å². The highest BCUT2D eigenvalue weighted by molar-refractivity contribution is 5.25. The van der Waals surface area contributed by atoms with E-state index in [4.69, 9.17) is 5.73 Å². The van der Waals surface area contributed by atoms with Gasteiger partial charge in [-0.2, -0.15) is 0 Å². The molecular formula is C12H21FN4. The second kappa shape index (κ2) is 7.19. The van der Waals surface area contributed by atoms with Crippen LogP contribution in [0.1, 0.15) is 26.2 Å². The summed E-state index contributed by atoms with van der Waals surface area (Å²) in [5.74, 6) is -0.0226. The first kappa shape index (κ1) is 13.9. The molecule has 0 unspecified atom stereocenters. The van der Waals surface area contributed by atoms with Gasteiger partial charge >= 0.3 is 0 Å². The number of aromatic nitrogens is 1. The minimum atomic E-state index is -0.362. The van der Waals surface area contributed by atoms with Gasteiger partial charge in [0.25, 0.3) is 0 Å². The van der Waals surface area contributed by atoms with Gasteiger partial charge in [0.2, 0.25) is 0 Å². The first-order chi connectivity index (χ1) is 8.13. The molecule has 1 saturated heterocycles. The lowest BCUT2D eigenvalue weighted by Gasteiger charge is -2.32. The largest absolute Gasteiger partial charge is 0.384 e. The van der Waals surface area contributed by atoms with E-state index in [1.54, 1.807) is 0 Å². The van der Waals surface area contributed by atoms with E-state index in [2.05, 4.69) is 22.3 Å². The van der Waals surface area contributed by atoms with Crippen molar-refractivity contribution >= 4 is 5.82 Å². The van der Waals surface area contributed by atoms with E-state index in [1.165, 1.54) is 37.9 Å². The summed E-state index contributed by atoms with van der Waals surface area (Å²) in [7, 11) is 2.00. The van der Waals surface area contributed by atoms with Gasteiger partial charge in [0, 0.05) is 12.6 Å². The van der Waals surface area contributed by atoms with Crippen molar-refractivity contribution in [1.29, 1.82) is 0 Å². The zero-order valence-electron chi connectivity index (χ0n) is 10.5. The number of hydrogen-bond donors (Lipinski definition) is 2. The van der Waals surface area contributed by atoms with Crippen molar-refractivity contribution in [3.05, 3.63) is 24.1 Å². The monoisotopic (exact) mass is 240 g/mol. The fraction of sp³-hybridized carbons (Fsp3) is 0.583. The summed E-state index contributed by atoms with van der Waals surface area (Å²) in [6, 6.07) is 3.42. The van der Waals surface area contributed by atoms with Gasteiger partial charge in [0.1, 0.15) is 11.6 Å². The summed E-state index contributed by atoms with van der Waals surface area (Å²) in [4.78, 5) is 3.48. The molecule has 2 heterocycles. The first-order valence-corrected chi connectivity index (χ1v) is 5.94. The number of hydrazine groups is 1. The lowest BCUT2D eigenvalue weighted by atomic mass is 10.1. The summed E-state index contributed by atoms with van der Waals surface area (Å²) in [6.45, 7) is 3.49. The van der Waals surface area contributed by atoms with E-state index < -0.39 is 0 Å². The van der Waals surface area contributed by atoms with Crippen LogP contribution in [0.5, 0.6) is 0 Å². The van der Waals surface area contributed by atoms with Gasteiger partial charge in [-0.25, -0.2) is 14.4 Å². The Labute approximate surface area is 102 Å². The molecule has 17 heavy (non-hydrogen) atoms. The molecule has 0 spiro atoms. The van der Waals surface area contributed by atoms with Gasteiger partial charge in [0.05, 0.1) is 6.20 Å². The number of piperidine rings is 1. The van der Waals surface area contributed by atoms with Gasteiger partial charge in [-0.05, 0) is 38.9 Å². The Morgan fingerprint density at radius 2 is 2.24 bits per heavy atom. The quantitative estimate of drug-likeness (QED) is 0.786. The molecule has 1 atom stereocenters. The standard InChI is InChI=1S/C7H16N2.C5H5FN2/c1-7-5-3-4-6-9(7)8-2;6-4-1-2-5(7)8-3-4/h7-8H,3-6H2,1-2H3;1-3H,(H2,7,8)/t7-;/m0./s1. The SMILES string of the molecule is CNN1CCCC[C@@H]1C.Nc1ccc(F)cn1. The van der Waals surface area contributed by atoms with Crippen LogP contribution in [0, 0.1) is 5.82 Å². The fourth-order valence-electron chi connectivity index (χ4n) is 1.82. The van der Waals surface area contributed by atoms with Crippen molar-refractivity contribution in [2.75, 3.05) is 19.3 Å². The molecule has 5 heteroatoms. The van der Waals surface area contributed by atoms with Gasteiger partial charge in [-0.3, -0.25) is 5.43 Å². The molecule has 0 bridgehead atoms. The van der Waals surface area contributed by atoms with Crippen molar-refractivity contribution in [2.24, 2.45) is 0 Å². The van der Waals surface area contributed by atoms with E-state index >= 15 is 0 Å². The maximum atomic E-state index is 12.0.